The zero-order chi connectivity index (χ0) is 27.0. The van der Waals surface area contributed by atoms with E-state index in [0.717, 1.165) is 49.9 Å². The first-order valence-electron chi connectivity index (χ1n) is 10.3. The molecule has 1 aromatic heterocycles. The number of carbonyl (C=O) groups is 3. The molecule has 15 heteroatoms. The van der Waals surface area contributed by atoms with E-state index in [1.807, 2.05) is 6.07 Å². The van der Waals surface area contributed by atoms with Gasteiger partial charge in [0.1, 0.15) is 5.82 Å². The molecule has 198 valence electrons. The second-order valence-corrected chi connectivity index (χ2v) is 7.80. The van der Waals surface area contributed by atoms with E-state index in [1.54, 1.807) is 7.05 Å². The van der Waals surface area contributed by atoms with Crippen LogP contribution in [0.3, 0.4) is 0 Å². The van der Waals surface area contributed by atoms with E-state index in [4.69, 9.17) is 24.8 Å². The molecule has 4 N–H and O–H groups in total. The van der Waals surface area contributed by atoms with E-state index in [9.17, 15) is 31.1 Å². The van der Waals surface area contributed by atoms with Gasteiger partial charge in [-0.15, -0.1) is 0 Å². The smallest absolute Gasteiger partial charge is 0.475 e. The first-order chi connectivity index (χ1) is 16.1. The number of halogens is 6. The molecule has 35 heavy (non-hydrogen) atoms. The van der Waals surface area contributed by atoms with Gasteiger partial charge in [0.15, 0.2) is 0 Å². The molecule has 0 bridgehead atoms. The molecule has 3 rings (SSSR count). The summed E-state index contributed by atoms with van der Waals surface area (Å²) < 4.78 is 63.5. The van der Waals surface area contributed by atoms with Crippen molar-refractivity contribution in [3.8, 4) is 0 Å². The number of carboxylic acids is 2. The van der Waals surface area contributed by atoms with Gasteiger partial charge in [-0.25, -0.2) is 14.6 Å². The van der Waals surface area contributed by atoms with Crippen molar-refractivity contribution in [3.05, 3.63) is 22.9 Å². The third kappa shape index (κ3) is 10.8. The number of nitrogens with one attached hydrogen (secondary N) is 2. The van der Waals surface area contributed by atoms with Crippen molar-refractivity contribution in [1.29, 1.82) is 0 Å². The topological polar surface area (TPSA) is 132 Å². The van der Waals surface area contributed by atoms with Gasteiger partial charge < -0.3 is 25.7 Å². The Morgan fingerprint density at radius 2 is 1.51 bits per heavy atom. The molecular formula is C20H26F6N4O5. The molecule has 0 spiro atoms. The lowest BCUT2D eigenvalue weighted by molar-refractivity contribution is -0.193. The molecule has 1 aliphatic heterocycles. The molecule has 0 aromatic carbocycles. The van der Waals surface area contributed by atoms with Crippen molar-refractivity contribution in [3.63, 3.8) is 0 Å². The minimum absolute atomic E-state index is 0.0544. The van der Waals surface area contributed by atoms with Crippen LogP contribution in [0.1, 0.15) is 34.5 Å². The highest BCUT2D eigenvalue weighted by molar-refractivity contribution is 5.98. The van der Waals surface area contributed by atoms with Gasteiger partial charge in [-0.3, -0.25) is 4.79 Å². The summed E-state index contributed by atoms with van der Waals surface area (Å²) in [5, 5.41) is 20.4. The zero-order valence-electron chi connectivity index (χ0n) is 18.9. The van der Waals surface area contributed by atoms with E-state index >= 15 is 0 Å². The monoisotopic (exact) mass is 516 g/mol. The summed E-state index contributed by atoms with van der Waals surface area (Å²) in [6.45, 7) is 2.98. The van der Waals surface area contributed by atoms with E-state index in [0.29, 0.717) is 5.56 Å². The van der Waals surface area contributed by atoms with Crippen LogP contribution in [0.15, 0.2) is 6.07 Å². The van der Waals surface area contributed by atoms with Gasteiger partial charge in [0.05, 0.1) is 5.56 Å². The summed E-state index contributed by atoms with van der Waals surface area (Å²) in [4.78, 5) is 37.0. The number of amides is 1. The lowest BCUT2D eigenvalue weighted by atomic mass is 10.1. The van der Waals surface area contributed by atoms with E-state index in [2.05, 4.69) is 22.6 Å². The van der Waals surface area contributed by atoms with E-state index in [1.165, 1.54) is 18.4 Å². The minimum atomic E-state index is -5.08. The SMILES string of the molecule is CNC(=O)c1cc2c(nc1NCC1CC1)CCN(C)CC2.O=C(O)C(F)(F)F.O=C(O)C(F)(F)F. The standard InChI is InChI=1S/C16H24N4O.2C2HF3O2/c1-17-16(21)13-9-12-5-7-20(2)8-6-14(12)19-15(13)18-10-11-3-4-11;2*3-2(4,5)1(6)7/h9,11H,3-8,10H2,1-2H3,(H,17,21)(H,18,19);2*(H,6,7). The van der Waals surface area contributed by atoms with Crippen LogP contribution < -0.4 is 10.6 Å². The molecule has 0 atom stereocenters. The maximum Gasteiger partial charge on any atom is 0.490 e. The maximum absolute atomic E-state index is 12.1. The summed E-state index contributed by atoms with van der Waals surface area (Å²) in [5.74, 6) is -4.06. The van der Waals surface area contributed by atoms with Crippen LogP contribution in [0.2, 0.25) is 0 Å². The fourth-order valence-corrected chi connectivity index (χ4v) is 2.75. The average Bonchev–Trinajstić information content (AvgIpc) is 3.59. The van der Waals surface area contributed by atoms with Crippen LogP contribution in [-0.2, 0) is 22.4 Å². The van der Waals surface area contributed by atoms with Crippen molar-refractivity contribution >= 4 is 23.7 Å². The number of carboxylic acid groups (broad SMARTS) is 2. The summed E-state index contributed by atoms with van der Waals surface area (Å²) >= 11 is 0. The van der Waals surface area contributed by atoms with Crippen LogP contribution in [0.25, 0.3) is 0 Å². The Hall–Kier alpha value is -3.10. The molecule has 1 amide bonds. The Balaban J connectivity index is 0.000000362. The van der Waals surface area contributed by atoms with Crippen LogP contribution in [-0.4, -0.2) is 84.0 Å². The number of aliphatic carboxylic acids is 2. The van der Waals surface area contributed by atoms with Gasteiger partial charge in [0, 0.05) is 38.8 Å². The molecule has 2 heterocycles. The molecule has 1 aromatic rings. The van der Waals surface area contributed by atoms with Crippen molar-refractivity contribution in [2.75, 3.05) is 39.0 Å². The van der Waals surface area contributed by atoms with Crippen LogP contribution >= 0.6 is 0 Å². The number of rotatable bonds is 4. The second kappa shape index (κ2) is 12.6. The highest BCUT2D eigenvalue weighted by atomic mass is 19.4. The van der Waals surface area contributed by atoms with E-state index in [-0.39, 0.29) is 5.91 Å². The lowest BCUT2D eigenvalue weighted by Gasteiger charge is -2.14. The van der Waals surface area contributed by atoms with Crippen LogP contribution in [0.5, 0.6) is 0 Å². The summed E-state index contributed by atoms with van der Waals surface area (Å²) in [7, 11) is 3.81. The predicted molar refractivity (Wildman–Crippen MR) is 111 cm³/mol. The molecule has 2 aliphatic rings. The third-order valence-electron chi connectivity index (χ3n) is 4.90. The molecular weight excluding hydrogens is 490 g/mol. The Morgan fingerprint density at radius 1 is 1.03 bits per heavy atom. The average molecular weight is 516 g/mol. The summed E-state index contributed by atoms with van der Waals surface area (Å²) in [6, 6.07) is 2.04. The minimum Gasteiger partial charge on any atom is -0.475 e. The molecule has 0 unspecified atom stereocenters. The fourth-order valence-electron chi connectivity index (χ4n) is 2.75. The van der Waals surface area contributed by atoms with E-state index < -0.39 is 24.3 Å². The number of carbonyl (C=O) groups excluding carboxylic acids is 1. The molecule has 1 fully saturated rings. The first-order valence-corrected chi connectivity index (χ1v) is 10.3. The largest absolute Gasteiger partial charge is 0.490 e. The number of nitrogens with zero attached hydrogens (tertiary/aromatic N) is 2. The van der Waals surface area contributed by atoms with Crippen molar-refractivity contribution in [2.45, 2.75) is 38.0 Å². The number of pyridine rings is 1. The molecule has 1 saturated carbocycles. The van der Waals surface area contributed by atoms with Crippen molar-refractivity contribution in [2.24, 2.45) is 5.92 Å². The molecule has 1 aliphatic carbocycles. The Morgan fingerprint density at radius 3 is 1.94 bits per heavy atom. The lowest BCUT2D eigenvalue weighted by Crippen LogP contribution is -2.22. The van der Waals surface area contributed by atoms with Crippen LogP contribution in [0, 0.1) is 5.92 Å². The number of anilines is 1. The number of hydrogen-bond acceptors (Lipinski definition) is 6. The van der Waals surface area contributed by atoms with Gasteiger partial charge in [-0.1, -0.05) is 0 Å². The summed E-state index contributed by atoms with van der Waals surface area (Å²) in [6.07, 6.45) is -5.67. The first kappa shape index (κ1) is 29.9. The molecule has 0 radical (unpaired) electrons. The van der Waals surface area contributed by atoms with Gasteiger partial charge in [0.25, 0.3) is 5.91 Å². The number of likely N-dealkylation sites (N-methyl/N-ethyl adjacent to an activating group) is 1. The third-order valence-corrected chi connectivity index (χ3v) is 4.90. The number of hydrogen-bond donors (Lipinski definition) is 4. The molecule has 9 nitrogen and oxygen atoms in total. The van der Waals surface area contributed by atoms with Crippen molar-refractivity contribution < 1.29 is 50.9 Å². The van der Waals surface area contributed by atoms with Gasteiger partial charge in [-0.2, -0.15) is 26.3 Å². The second-order valence-electron chi connectivity index (χ2n) is 7.80. The van der Waals surface area contributed by atoms with Gasteiger partial charge >= 0.3 is 24.3 Å². The fraction of sp³-hybridized carbons (Fsp3) is 0.600. The predicted octanol–water partition coefficient (Wildman–Crippen LogP) is 2.56. The van der Waals surface area contributed by atoms with Crippen LogP contribution in [0.4, 0.5) is 32.2 Å². The number of fused-ring (bicyclic) bond motifs is 1. The van der Waals surface area contributed by atoms with Gasteiger partial charge in [-0.05, 0) is 43.9 Å². The quantitative estimate of drug-likeness (QED) is 0.449. The summed E-state index contributed by atoms with van der Waals surface area (Å²) in [5.41, 5.74) is 3.04. The van der Waals surface area contributed by atoms with Crippen molar-refractivity contribution in [1.82, 2.24) is 15.2 Å². The Labute approximate surface area is 196 Å². The Kier molecular flexibility index (Phi) is 10.7. The number of aromatic nitrogens is 1. The highest BCUT2D eigenvalue weighted by Gasteiger charge is 2.38. The maximum atomic E-state index is 12.1. The number of alkyl halides is 6. The van der Waals surface area contributed by atoms with Gasteiger partial charge in [0.2, 0.25) is 0 Å². The normalized spacial score (nSPS) is 15.8. The highest BCUT2D eigenvalue weighted by Crippen LogP contribution is 2.30. The molecule has 0 saturated heterocycles. The zero-order valence-corrected chi connectivity index (χ0v) is 18.9. The Bertz CT molecular complexity index is 879.